The summed E-state index contributed by atoms with van der Waals surface area (Å²) in [5, 5.41) is 6.24. The van der Waals surface area contributed by atoms with Gasteiger partial charge in [0.1, 0.15) is 6.61 Å². The number of halogens is 1. The van der Waals surface area contributed by atoms with Crippen molar-refractivity contribution >= 4 is 29.2 Å². The highest BCUT2D eigenvalue weighted by atomic mass is 35.5. The first kappa shape index (κ1) is 18.4. The van der Waals surface area contributed by atoms with Crippen LogP contribution in [0.5, 0.6) is 11.5 Å². The molecular weight excluding hydrogens is 382 g/mol. The van der Waals surface area contributed by atoms with E-state index in [1.807, 2.05) is 24.3 Å². The van der Waals surface area contributed by atoms with Crippen molar-refractivity contribution in [1.82, 2.24) is 10.6 Å². The summed E-state index contributed by atoms with van der Waals surface area (Å²) >= 11 is 5.89. The van der Waals surface area contributed by atoms with E-state index in [1.165, 1.54) is 0 Å². The molecule has 2 N–H and O–H groups in total. The van der Waals surface area contributed by atoms with Gasteiger partial charge in [-0.3, -0.25) is 4.79 Å². The van der Waals surface area contributed by atoms with Gasteiger partial charge in [0.15, 0.2) is 17.6 Å². The van der Waals surface area contributed by atoms with Crippen molar-refractivity contribution in [3.63, 3.8) is 0 Å². The quantitative estimate of drug-likeness (QED) is 0.825. The fourth-order valence-corrected chi connectivity index (χ4v) is 3.41. The number of carbonyl (C=O) groups is 2. The Morgan fingerprint density at radius 3 is 2.68 bits per heavy atom. The molecule has 0 aromatic heterocycles. The van der Waals surface area contributed by atoms with Crippen LogP contribution in [0.4, 0.5) is 10.5 Å². The van der Waals surface area contributed by atoms with Crippen LogP contribution in [0.3, 0.4) is 0 Å². The highest BCUT2D eigenvalue weighted by molar-refractivity contribution is 6.30. The summed E-state index contributed by atoms with van der Waals surface area (Å²) in [7, 11) is 0. The third kappa shape index (κ3) is 4.14. The molecule has 28 heavy (non-hydrogen) atoms. The molecule has 146 valence electrons. The summed E-state index contributed by atoms with van der Waals surface area (Å²) in [6.07, 6.45) is -0.0108. The molecule has 1 fully saturated rings. The summed E-state index contributed by atoms with van der Waals surface area (Å²) in [4.78, 5) is 26.1. The van der Waals surface area contributed by atoms with Crippen LogP contribution in [-0.4, -0.2) is 43.8 Å². The van der Waals surface area contributed by atoms with Crippen molar-refractivity contribution in [2.45, 2.75) is 18.6 Å². The molecule has 1 saturated heterocycles. The highest BCUT2D eigenvalue weighted by Gasteiger charge is 2.31. The summed E-state index contributed by atoms with van der Waals surface area (Å²) in [5.41, 5.74) is 0.769. The van der Waals surface area contributed by atoms with E-state index in [2.05, 4.69) is 10.6 Å². The van der Waals surface area contributed by atoms with Crippen LogP contribution in [0.15, 0.2) is 48.5 Å². The van der Waals surface area contributed by atoms with Crippen molar-refractivity contribution < 1.29 is 19.1 Å². The number of carbonyl (C=O) groups excluding carboxylic acids is 2. The molecule has 4 rings (SSSR count). The lowest BCUT2D eigenvalue weighted by Gasteiger charge is -2.26. The van der Waals surface area contributed by atoms with E-state index in [4.69, 9.17) is 21.1 Å². The molecule has 2 aromatic rings. The highest BCUT2D eigenvalue weighted by Crippen LogP contribution is 2.30. The molecule has 3 amide bonds. The molecule has 0 bridgehead atoms. The van der Waals surface area contributed by atoms with E-state index < -0.39 is 0 Å². The van der Waals surface area contributed by atoms with Crippen molar-refractivity contribution in [3.8, 4) is 11.5 Å². The van der Waals surface area contributed by atoms with E-state index in [-0.39, 0.29) is 30.5 Å². The number of nitrogens with one attached hydrogen (secondary N) is 2. The smallest absolute Gasteiger partial charge is 0.315 e. The molecule has 2 aromatic carbocycles. The number of anilines is 1. The first-order valence-electron chi connectivity index (χ1n) is 9.07. The molecule has 0 aliphatic carbocycles. The molecular formula is C20H20ClN3O4. The van der Waals surface area contributed by atoms with E-state index in [0.29, 0.717) is 36.2 Å². The Hall–Kier alpha value is -2.93. The Morgan fingerprint density at radius 1 is 1.14 bits per heavy atom. The van der Waals surface area contributed by atoms with Gasteiger partial charge in [0.2, 0.25) is 5.91 Å². The molecule has 0 unspecified atom stereocenters. The van der Waals surface area contributed by atoms with Crippen LogP contribution in [0, 0.1) is 0 Å². The van der Waals surface area contributed by atoms with Crippen LogP contribution in [0.1, 0.15) is 6.42 Å². The number of para-hydroxylation sites is 2. The number of benzene rings is 2. The Morgan fingerprint density at radius 2 is 1.89 bits per heavy atom. The molecule has 2 atom stereocenters. The van der Waals surface area contributed by atoms with Gasteiger partial charge in [0.25, 0.3) is 0 Å². The predicted molar refractivity (Wildman–Crippen MR) is 105 cm³/mol. The van der Waals surface area contributed by atoms with Crippen LogP contribution in [-0.2, 0) is 4.79 Å². The van der Waals surface area contributed by atoms with Gasteiger partial charge in [-0.05, 0) is 36.4 Å². The first-order valence-corrected chi connectivity index (χ1v) is 9.45. The van der Waals surface area contributed by atoms with Crippen molar-refractivity contribution in [2.24, 2.45) is 0 Å². The Kier molecular flexibility index (Phi) is 5.25. The fraction of sp³-hybridized carbons (Fsp3) is 0.300. The number of rotatable bonds is 4. The van der Waals surface area contributed by atoms with Gasteiger partial charge < -0.3 is 25.0 Å². The third-order valence-corrected chi connectivity index (χ3v) is 4.91. The van der Waals surface area contributed by atoms with Crippen LogP contribution < -0.4 is 25.0 Å². The molecule has 7 nitrogen and oxygen atoms in total. The van der Waals surface area contributed by atoms with Gasteiger partial charge in [-0.2, -0.15) is 0 Å². The lowest BCUT2D eigenvalue weighted by molar-refractivity contribution is -0.117. The Bertz CT molecular complexity index is 874. The van der Waals surface area contributed by atoms with Gasteiger partial charge in [-0.25, -0.2) is 4.79 Å². The van der Waals surface area contributed by atoms with Crippen LogP contribution in [0.2, 0.25) is 5.02 Å². The van der Waals surface area contributed by atoms with E-state index in [1.54, 1.807) is 29.2 Å². The van der Waals surface area contributed by atoms with Crippen molar-refractivity contribution in [2.75, 3.05) is 24.6 Å². The minimum absolute atomic E-state index is 0.0340. The number of hydrogen-bond donors (Lipinski definition) is 2. The lowest BCUT2D eigenvalue weighted by atomic mass is 10.2. The zero-order chi connectivity index (χ0) is 19.5. The van der Waals surface area contributed by atoms with Gasteiger partial charge in [0.05, 0.1) is 12.6 Å². The van der Waals surface area contributed by atoms with Gasteiger partial charge in [0, 0.05) is 23.7 Å². The number of urea groups is 1. The first-order chi connectivity index (χ1) is 13.6. The topological polar surface area (TPSA) is 79.9 Å². The number of nitrogens with zero attached hydrogens (tertiary/aromatic N) is 1. The molecule has 0 spiro atoms. The zero-order valence-electron chi connectivity index (χ0n) is 15.1. The SMILES string of the molecule is O=C(NC[C@H]1COc2ccccc2O1)N[C@H]1CC(=O)N(c2ccc(Cl)cc2)C1. The predicted octanol–water partition coefficient (Wildman–Crippen LogP) is 2.58. The third-order valence-electron chi connectivity index (χ3n) is 4.66. The van der Waals surface area contributed by atoms with Crippen molar-refractivity contribution in [3.05, 3.63) is 53.6 Å². The second-order valence-electron chi connectivity index (χ2n) is 6.73. The van der Waals surface area contributed by atoms with Gasteiger partial charge in [-0.15, -0.1) is 0 Å². The van der Waals surface area contributed by atoms with Crippen LogP contribution >= 0.6 is 11.6 Å². The molecule has 8 heteroatoms. The van der Waals surface area contributed by atoms with Crippen molar-refractivity contribution in [1.29, 1.82) is 0 Å². The molecule has 2 aliphatic rings. The molecule has 2 heterocycles. The zero-order valence-corrected chi connectivity index (χ0v) is 15.8. The maximum Gasteiger partial charge on any atom is 0.315 e. The maximum atomic E-state index is 12.3. The average molecular weight is 402 g/mol. The second kappa shape index (κ2) is 7.98. The molecule has 0 saturated carbocycles. The maximum absolute atomic E-state index is 12.3. The Balaban J connectivity index is 1.25. The summed E-state index contributed by atoms with van der Waals surface area (Å²) < 4.78 is 11.4. The minimum atomic E-state index is -0.335. The summed E-state index contributed by atoms with van der Waals surface area (Å²) in [6.45, 7) is 1.09. The number of ether oxygens (including phenoxy) is 2. The van der Waals surface area contributed by atoms with E-state index in [9.17, 15) is 9.59 Å². The molecule has 0 radical (unpaired) electrons. The van der Waals surface area contributed by atoms with Crippen LogP contribution in [0.25, 0.3) is 0 Å². The normalized spacial score (nSPS) is 20.8. The minimum Gasteiger partial charge on any atom is -0.486 e. The van der Waals surface area contributed by atoms with E-state index in [0.717, 1.165) is 5.69 Å². The fourth-order valence-electron chi connectivity index (χ4n) is 3.28. The van der Waals surface area contributed by atoms with E-state index >= 15 is 0 Å². The number of fused-ring (bicyclic) bond motifs is 1. The second-order valence-corrected chi connectivity index (χ2v) is 7.17. The number of amides is 3. The van der Waals surface area contributed by atoms with Gasteiger partial charge >= 0.3 is 6.03 Å². The van der Waals surface area contributed by atoms with Gasteiger partial charge in [-0.1, -0.05) is 23.7 Å². The summed E-state index contributed by atoms with van der Waals surface area (Å²) in [5.74, 6) is 1.34. The monoisotopic (exact) mass is 401 g/mol. The number of hydrogen-bond acceptors (Lipinski definition) is 4. The lowest BCUT2D eigenvalue weighted by Crippen LogP contribution is -2.47. The average Bonchev–Trinajstić information content (AvgIpc) is 3.06. The molecule has 2 aliphatic heterocycles. The largest absolute Gasteiger partial charge is 0.486 e. The standard InChI is InChI=1S/C20H20ClN3O4/c21-13-5-7-15(8-6-13)24-11-14(9-19(24)25)23-20(26)22-10-16-12-27-17-3-1-2-4-18(17)28-16/h1-8,14,16H,9-12H2,(H2,22,23,26)/t14-,16-/m0/s1. The Labute approximate surface area is 167 Å². The summed E-state index contributed by atoms with van der Waals surface area (Å²) in [6, 6.07) is 13.9.